The van der Waals surface area contributed by atoms with Crippen LogP contribution in [0.25, 0.3) is 10.9 Å². The lowest BCUT2D eigenvalue weighted by Crippen LogP contribution is -2.44. The second-order valence-electron chi connectivity index (χ2n) is 7.65. The minimum Gasteiger partial charge on any atom is -0.369 e. The fraction of sp³-hybridized carbons (Fsp3) is 0.227. The monoisotopic (exact) mass is 478 g/mol. The van der Waals surface area contributed by atoms with Crippen LogP contribution in [0.1, 0.15) is 0 Å². The van der Waals surface area contributed by atoms with Crippen LogP contribution in [0.2, 0.25) is 0 Å². The maximum Gasteiger partial charge on any atom is 0.229 e. The van der Waals surface area contributed by atoms with Crippen molar-refractivity contribution >= 4 is 55.7 Å². The van der Waals surface area contributed by atoms with E-state index in [4.69, 9.17) is 0 Å². The van der Waals surface area contributed by atoms with E-state index in [2.05, 4.69) is 87.8 Å². The van der Waals surface area contributed by atoms with E-state index in [0.717, 1.165) is 52.9 Å². The highest BCUT2D eigenvalue weighted by Crippen LogP contribution is 2.27. The molecule has 9 heteroatoms. The highest BCUT2D eigenvalue weighted by Gasteiger charge is 2.14. The molecule has 0 bridgehead atoms. The van der Waals surface area contributed by atoms with Gasteiger partial charge >= 0.3 is 0 Å². The first-order valence-corrected chi connectivity index (χ1v) is 11.0. The molecular weight excluding hydrogens is 456 g/mol. The number of benzene rings is 2. The maximum absolute atomic E-state index is 4.63. The van der Waals surface area contributed by atoms with Crippen molar-refractivity contribution in [1.29, 1.82) is 0 Å². The quantitative estimate of drug-likeness (QED) is 0.392. The van der Waals surface area contributed by atoms with Gasteiger partial charge in [0.05, 0.1) is 16.2 Å². The van der Waals surface area contributed by atoms with Gasteiger partial charge in [-0.3, -0.25) is 5.10 Å². The number of hydrogen-bond acceptors (Lipinski definition) is 7. The number of halogens is 1. The summed E-state index contributed by atoms with van der Waals surface area (Å²) in [5.41, 5.74) is 4.11. The molecule has 8 nitrogen and oxygen atoms in total. The molecular formula is C22H23BrN8. The largest absolute Gasteiger partial charge is 0.369 e. The maximum atomic E-state index is 4.63. The topological polar surface area (TPSA) is 85.0 Å². The Labute approximate surface area is 188 Å². The van der Waals surface area contributed by atoms with Gasteiger partial charge in [0.1, 0.15) is 5.82 Å². The van der Waals surface area contributed by atoms with E-state index in [0.29, 0.717) is 11.8 Å². The van der Waals surface area contributed by atoms with Crippen molar-refractivity contribution in [3.63, 3.8) is 0 Å². The number of rotatable bonds is 5. The molecule has 5 rings (SSSR count). The first-order valence-electron chi connectivity index (χ1n) is 10.2. The van der Waals surface area contributed by atoms with Crippen LogP contribution in [0.5, 0.6) is 0 Å². The van der Waals surface area contributed by atoms with Crippen molar-refractivity contribution in [1.82, 2.24) is 25.1 Å². The van der Waals surface area contributed by atoms with Gasteiger partial charge in [-0.25, -0.2) is 4.98 Å². The Kier molecular flexibility index (Phi) is 5.44. The molecule has 3 N–H and O–H groups in total. The number of H-pyrrole nitrogens is 1. The predicted octanol–water partition coefficient (Wildman–Crippen LogP) is 4.35. The first kappa shape index (κ1) is 19.8. The summed E-state index contributed by atoms with van der Waals surface area (Å²) in [6.45, 7) is 4.30. The fourth-order valence-corrected chi connectivity index (χ4v) is 3.91. The van der Waals surface area contributed by atoms with E-state index in [1.54, 1.807) is 12.4 Å². The average molecular weight is 479 g/mol. The van der Waals surface area contributed by atoms with Crippen LogP contribution < -0.4 is 15.5 Å². The number of aromatic nitrogens is 4. The SMILES string of the molecule is CN1CCN(c2ccc(Nc3ncc(Br)c(Nc4ccc5[nH]ncc5c4)n3)cc2)CC1. The molecule has 0 atom stereocenters. The van der Waals surface area contributed by atoms with Gasteiger partial charge in [-0.15, -0.1) is 0 Å². The number of anilines is 5. The minimum absolute atomic E-state index is 0.530. The van der Waals surface area contributed by atoms with Crippen LogP contribution in [0.4, 0.5) is 28.8 Å². The van der Waals surface area contributed by atoms with E-state index >= 15 is 0 Å². The van der Waals surface area contributed by atoms with Crippen molar-refractivity contribution in [3.8, 4) is 0 Å². The van der Waals surface area contributed by atoms with Gasteiger partial charge in [0, 0.05) is 54.8 Å². The second-order valence-corrected chi connectivity index (χ2v) is 8.50. The number of hydrogen-bond donors (Lipinski definition) is 3. The van der Waals surface area contributed by atoms with Gasteiger partial charge < -0.3 is 20.4 Å². The summed E-state index contributed by atoms with van der Waals surface area (Å²) in [6.07, 6.45) is 3.54. The summed E-state index contributed by atoms with van der Waals surface area (Å²) in [6, 6.07) is 14.4. The zero-order chi connectivity index (χ0) is 21.2. The third kappa shape index (κ3) is 4.47. The van der Waals surface area contributed by atoms with Gasteiger partial charge in [0.2, 0.25) is 5.95 Å². The Bertz CT molecular complexity index is 1180. The molecule has 0 saturated carbocycles. The number of nitrogens with zero attached hydrogens (tertiary/aromatic N) is 5. The molecule has 158 valence electrons. The second kappa shape index (κ2) is 8.52. The lowest BCUT2D eigenvalue weighted by Gasteiger charge is -2.34. The third-order valence-electron chi connectivity index (χ3n) is 5.44. The number of likely N-dealkylation sites (N-methyl/N-ethyl adjacent to an activating group) is 1. The summed E-state index contributed by atoms with van der Waals surface area (Å²) >= 11 is 3.53. The zero-order valence-corrected chi connectivity index (χ0v) is 18.7. The molecule has 1 aliphatic heterocycles. The van der Waals surface area contributed by atoms with Gasteiger partial charge in [-0.05, 0) is 65.4 Å². The molecule has 0 aliphatic carbocycles. The van der Waals surface area contributed by atoms with Gasteiger partial charge in [-0.1, -0.05) is 0 Å². The molecule has 0 unspecified atom stereocenters. The molecule has 31 heavy (non-hydrogen) atoms. The first-order chi connectivity index (χ1) is 15.1. The summed E-state index contributed by atoms with van der Waals surface area (Å²) < 4.78 is 0.788. The van der Waals surface area contributed by atoms with Gasteiger partial charge in [0.15, 0.2) is 0 Å². The Hall–Kier alpha value is -3.17. The lowest BCUT2D eigenvalue weighted by atomic mass is 10.2. The normalized spacial score (nSPS) is 14.7. The Morgan fingerprint density at radius 1 is 0.935 bits per heavy atom. The number of nitrogens with one attached hydrogen (secondary N) is 3. The van der Waals surface area contributed by atoms with Crippen molar-refractivity contribution in [2.24, 2.45) is 0 Å². The Balaban J connectivity index is 1.29. The van der Waals surface area contributed by atoms with Crippen molar-refractivity contribution in [2.45, 2.75) is 0 Å². The molecule has 2 aromatic carbocycles. The third-order valence-corrected chi connectivity index (χ3v) is 6.02. The predicted molar refractivity (Wildman–Crippen MR) is 129 cm³/mol. The van der Waals surface area contributed by atoms with Gasteiger partial charge in [0.25, 0.3) is 0 Å². The highest BCUT2D eigenvalue weighted by molar-refractivity contribution is 9.10. The molecule has 0 amide bonds. The van der Waals surface area contributed by atoms with E-state index in [9.17, 15) is 0 Å². The average Bonchev–Trinajstić information content (AvgIpc) is 3.25. The number of piperazine rings is 1. The van der Waals surface area contributed by atoms with E-state index in [1.807, 2.05) is 18.2 Å². The smallest absolute Gasteiger partial charge is 0.229 e. The lowest BCUT2D eigenvalue weighted by molar-refractivity contribution is 0.313. The fourth-order valence-electron chi connectivity index (χ4n) is 3.62. The summed E-state index contributed by atoms with van der Waals surface area (Å²) in [7, 11) is 2.17. The molecule has 3 heterocycles. The summed E-state index contributed by atoms with van der Waals surface area (Å²) in [4.78, 5) is 13.8. The van der Waals surface area contributed by atoms with E-state index in [-0.39, 0.29) is 0 Å². The number of fused-ring (bicyclic) bond motifs is 1. The van der Waals surface area contributed by atoms with Crippen LogP contribution in [0.3, 0.4) is 0 Å². The van der Waals surface area contributed by atoms with Crippen molar-refractivity contribution in [3.05, 3.63) is 59.3 Å². The van der Waals surface area contributed by atoms with Crippen molar-refractivity contribution < 1.29 is 0 Å². The van der Waals surface area contributed by atoms with Crippen LogP contribution in [-0.4, -0.2) is 58.3 Å². The van der Waals surface area contributed by atoms with Crippen LogP contribution in [-0.2, 0) is 0 Å². The molecule has 0 radical (unpaired) electrons. The minimum atomic E-state index is 0.530. The molecule has 4 aromatic rings. The van der Waals surface area contributed by atoms with Crippen LogP contribution in [0.15, 0.2) is 59.3 Å². The molecule has 0 spiro atoms. The number of aromatic amines is 1. The summed E-state index contributed by atoms with van der Waals surface area (Å²) in [5, 5.41) is 14.7. The van der Waals surface area contributed by atoms with Crippen LogP contribution in [0, 0.1) is 0 Å². The van der Waals surface area contributed by atoms with Crippen molar-refractivity contribution in [2.75, 3.05) is 48.8 Å². The van der Waals surface area contributed by atoms with Gasteiger partial charge in [-0.2, -0.15) is 10.1 Å². The summed E-state index contributed by atoms with van der Waals surface area (Å²) in [5.74, 6) is 1.22. The zero-order valence-electron chi connectivity index (χ0n) is 17.1. The Morgan fingerprint density at radius 3 is 2.52 bits per heavy atom. The highest BCUT2D eigenvalue weighted by atomic mass is 79.9. The molecule has 1 aliphatic rings. The molecule has 1 fully saturated rings. The molecule has 2 aromatic heterocycles. The van der Waals surface area contributed by atoms with E-state index < -0.39 is 0 Å². The van der Waals surface area contributed by atoms with E-state index in [1.165, 1.54) is 5.69 Å². The Morgan fingerprint density at radius 2 is 1.71 bits per heavy atom. The standard InChI is InChI=1S/C22H23BrN8/c1-30-8-10-31(11-9-30)18-5-2-16(3-6-18)27-22-24-14-19(23)21(28-22)26-17-4-7-20-15(12-17)13-25-29-20/h2-7,12-14H,8-11H2,1H3,(H,25,29)(H2,24,26,27,28). The molecule has 1 saturated heterocycles. The van der Waals surface area contributed by atoms with Crippen LogP contribution >= 0.6 is 15.9 Å².